The molecular weight excluding hydrogens is 320 g/mol. The monoisotopic (exact) mass is 338 g/mol. The molecule has 0 saturated heterocycles. The SMILES string of the molecule is COc1ccc(CNC(=O)CNC(=O)c2ccc3[nH]ncc3c2)cc1. The van der Waals surface area contributed by atoms with E-state index in [2.05, 4.69) is 20.8 Å². The number of rotatable bonds is 6. The first-order valence-corrected chi connectivity index (χ1v) is 7.76. The molecule has 0 unspecified atom stereocenters. The third-order valence-corrected chi connectivity index (χ3v) is 3.76. The molecule has 3 rings (SSSR count). The van der Waals surface area contributed by atoms with Crippen LogP contribution in [0.5, 0.6) is 5.75 Å². The number of methoxy groups -OCH3 is 1. The second-order valence-electron chi connectivity index (χ2n) is 5.48. The smallest absolute Gasteiger partial charge is 0.251 e. The first-order valence-electron chi connectivity index (χ1n) is 7.76. The number of hydrogen-bond acceptors (Lipinski definition) is 4. The highest BCUT2D eigenvalue weighted by Crippen LogP contribution is 2.13. The summed E-state index contributed by atoms with van der Waals surface area (Å²) in [5.41, 5.74) is 2.29. The molecule has 25 heavy (non-hydrogen) atoms. The lowest BCUT2D eigenvalue weighted by molar-refractivity contribution is -0.120. The first-order chi connectivity index (χ1) is 12.2. The summed E-state index contributed by atoms with van der Waals surface area (Å²) in [6.07, 6.45) is 1.65. The van der Waals surface area contributed by atoms with Crippen LogP contribution in [-0.2, 0) is 11.3 Å². The number of benzene rings is 2. The number of ether oxygens (including phenoxy) is 1. The van der Waals surface area contributed by atoms with E-state index in [9.17, 15) is 9.59 Å². The molecule has 7 heteroatoms. The predicted molar refractivity (Wildman–Crippen MR) is 93.3 cm³/mol. The zero-order chi connectivity index (χ0) is 17.6. The van der Waals surface area contributed by atoms with Gasteiger partial charge in [0.05, 0.1) is 25.4 Å². The van der Waals surface area contributed by atoms with Gasteiger partial charge in [-0.25, -0.2) is 0 Å². The van der Waals surface area contributed by atoms with Crippen LogP contribution in [0.3, 0.4) is 0 Å². The van der Waals surface area contributed by atoms with Crippen LogP contribution in [0.1, 0.15) is 15.9 Å². The molecular formula is C18H18N4O3. The van der Waals surface area contributed by atoms with Gasteiger partial charge in [-0.1, -0.05) is 12.1 Å². The predicted octanol–water partition coefficient (Wildman–Crippen LogP) is 1.62. The molecule has 1 aromatic heterocycles. The van der Waals surface area contributed by atoms with Crippen LogP contribution in [0.4, 0.5) is 0 Å². The van der Waals surface area contributed by atoms with E-state index in [1.807, 2.05) is 24.3 Å². The molecule has 2 amide bonds. The molecule has 2 aromatic carbocycles. The van der Waals surface area contributed by atoms with Gasteiger partial charge in [-0.3, -0.25) is 14.7 Å². The largest absolute Gasteiger partial charge is 0.497 e. The molecule has 128 valence electrons. The summed E-state index contributed by atoms with van der Waals surface area (Å²) in [6, 6.07) is 12.6. The van der Waals surface area contributed by atoms with Gasteiger partial charge in [0.2, 0.25) is 5.91 Å². The summed E-state index contributed by atoms with van der Waals surface area (Å²) in [7, 11) is 1.60. The van der Waals surface area contributed by atoms with Crippen molar-refractivity contribution in [2.75, 3.05) is 13.7 Å². The number of carbonyl (C=O) groups is 2. The highest BCUT2D eigenvalue weighted by molar-refractivity contribution is 5.99. The van der Waals surface area contributed by atoms with Crippen molar-refractivity contribution in [3.63, 3.8) is 0 Å². The highest BCUT2D eigenvalue weighted by atomic mass is 16.5. The van der Waals surface area contributed by atoms with E-state index in [-0.39, 0.29) is 18.4 Å². The fraction of sp³-hybridized carbons (Fsp3) is 0.167. The van der Waals surface area contributed by atoms with Crippen molar-refractivity contribution >= 4 is 22.7 Å². The van der Waals surface area contributed by atoms with Gasteiger partial charge < -0.3 is 15.4 Å². The Morgan fingerprint density at radius 2 is 1.92 bits per heavy atom. The van der Waals surface area contributed by atoms with Crippen LogP contribution < -0.4 is 15.4 Å². The Balaban J connectivity index is 1.48. The molecule has 1 heterocycles. The lowest BCUT2D eigenvalue weighted by atomic mass is 10.1. The maximum atomic E-state index is 12.1. The molecule has 3 N–H and O–H groups in total. The summed E-state index contributed by atoms with van der Waals surface area (Å²) in [5.74, 6) is 0.202. The summed E-state index contributed by atoms with van der Waals surface area (Å²) in [6.45, 7) is 0.304. The molecule has 0 saturated carbocycles. The van der Waals surface area contributed by atoms with Gasteiger partial charge in [0.25, 0.3) is 5.91 Å². The average molecular weight is 338 g/mol. The number of fused-ring (bicyclic) bond motifs is 1. The number of carbonyl (C=O) groups excluding carboxylic acids is 2. The van der Waals surface area contributed by atoms with E-state index >= 15 is 0 Å². The van der Waals surface area contributed by atoms with Crippen LogP contribution in [0, 0.1) is 0 Å². The van der Waals surface area contributed by atoms with E-state index in [1.165, 1.54) is 0 Å². The Labute approximate surface area is 144 Å². The van der Waals surface area contributed by atoms with Crippen LogP contribution in [0.15, 0.2) is 48.7 Å². The Morgan fingerprint density at radius 1 is 1.12 bits per heavy atom. The molecule has 0 aliphatic carbocycles. The number of H-pyrrole nitrogens is 1. The van der Waals surface area contributed by atoms with E-state index < -0.39 is 0 Å². The van der Waals surface area contributed by atoms with Crippen LogP contribution >= 0.6 is 0 Å². The van der Waals surface area contributed by atoms with Gasteiger partial charge in [0.1, 0.15) is 5.75 Å². The Hall–Kier alpha value is -3.35. The average Bonchev–Trinajstić information content (AvgIpc) is 3.12. The highest BCUT2D eigenvalue weighted by Gasteiger charge is 2.09. The van der Waals surface area contributed by atoms with E-state index in [1.54, 1.807) is 31.5 Å². The quantitative estimate of drug-likeness (QED) is 0.636. The molecule has 0 radical (unpaired) electrons. The second-order valence-corrected chi connectivity index (χ2v) is 5.48. The van der Waals surface area contributed by atoms with Crippen LogP contribution in [0.2, 0.25) is 0 Å². The summed E-state index contributed by atoms with van der Waals surface area (Å²) < 4.78 is 5.08. The van der Waals surface area contributed by atoms with Crippen molar-refractivity contribution in [3.05, 3.63) is 59.8 Å². The minimum atomic E-state index is -0.303. The number of aromatic nitrogens is 2. The zero-order valence-corrected chi connectivity index (χ0v) is 13.7. The van der Waals surface area contributed by atoms with Gasteiger partial charge in [-0.05, 0) is 35.9 Å². The van der Waals surface area contributed by atoms with Crippen molar-refractivity contribution in [1.29, 1.82) is 0 Å². The lowest BCUT2D eigenvalue weighted by Crippen LogP contribution is -2.36. The molecule has 0 aliphatic rings. The van der Waals surface area contributed by atoms with Crippen molar-refractivity contribution < 1.29 is 14.3 Å². The maximum absolute atomic E-state index is 12.1. The standard InChI is InChI=1S/C18H18N4O3/c1-25-15-5-2-12(3-6-15)9-19-17(23)11-20-18(24)13-4-7-16-14(8-13)10-21-22-16/h2-8,10H,9,11H2,1H3,(H,19,23)(H,20,24)(H,21,22). The Bertz CT molecular complexity index is 887. The number of nitrogens with zero attached hydrogens (tertiary/aromatic N) is 1. The first kappa shape index (κ1) is 16.5. The summed E-state index contributed by atoms with van der Waals surface area (Å²) >= 11 is 0. The fourth-order valence-corrected chi connectivity index (χ4v) is 2.35. The van der Waals surface area contributed by atoms with Crippen molar-refractivity contribution in [3.8, 4) is 5.75 Å². The van der Waals surface area contributed by atoms with E-state index in [0.717, 1.165) is 22.2 Å². The van der Waals surface area contributed by atoms with Gasteiger partial charge >= 0.3 is 0 Å². The Kier molecular flexibility index (Phi) is 4.94. The van der Waals surface area contributed by atoms with Crippen molar-refractivity contribution in [2.45, 2.75) is 6.54 Å². The summed E-state index contributed by atoms with van der Waals surface area (Å²) in [4.78, 5) is 24.0. The molecule has 0 aliphatic heterocycles. The number of nitrogens with one attached hydrogen (secondary N) is 3. The van der Waals surface area contributed by atoms with Crippen LogP contribution in [0.25, 0.3) is 10.9 Å². The van der Waals surface area contributed by atoms with Gasteiger partial charge in [-0.2, -0.15) is 5.10 Å². The maximum Gasteiger partial charge on any atom is 0.251 e. The molecule has 0 bridgehead atoms. The topological polar surface area (TPSA) is 96.1 Å². The lowest BCUT2D eigenvalue weighted by Gasteiger charge is -2.08. The fourth-order valence-electron chi connectivity index (χ4n) is 2.35. The molecule has 3 aromatic rings. The molecule has 0 atom stereocenters. The van der Waals surface area contributed by atoms with E-state index in [0.29, 0.717) is 12.1 Å². The number of hydrogen-bond donors (Lipinski definition) is 3. The minimum absolute atomic E-state index is 0.0849. The minimum Gasteiger partial charge on any atom is -0.497 e. The van der Waals surface area contributed by atoms with Crippen LogP contribution in [-0.4, -0.2) is 35.7 Å². The van der Waals surface area contributed by atoms with Crippen molar-refractivity contribution in [1.82, 2.24) is 20.8 Å². The number of amides is 2. The van der Waals surface area contributed by atoms with Gasteiger partial charge in [-0.15, -0.1) is 0 Å². The molecule has 0 spiro atoms. The second kappa shape index (κ2) is 7.48. The Morgan fingerprint density at radius 3 is 2.68 bits per heavy atom. The molecule has 0 fully saturated rings. The van der Waals surface area contributed by atoms with E-state index in [4.69, 9.17) is 4.74 Å². The third kappa shape index (κ3) is 4.14. The number of aromatic amines is 1. The van der Waals surface area contributed by atoms with Gasteiger partial charge in [0, 0.05) is 17.5 Å². The normalized spacial score (nSPS) is 10.4. The van der Waals surface area contributed by atoms with Crippen molar-refractivity contribution in [2.24, 2.45) is 0 Å². The molecule has 7 nitrogen and oxygen atoms in total. The zero-order valence-electron chi connectivity index (χ0n) is 13.7. The third-order valence-electron chi connectivity index (χ3n) is 3.76. The van der Waals surface area contributed by atoms with Gasteiger partial charge in [0.15, 0.2) is 0 Å². The summed E-state index contributed by atoms with van der Waals surface area (Å²) in [5, 5.41) is 12.9.